The second-order valence-corrected chi connectivity index (χ2v) is 5.92. The highest BCUT2D eigenvalue weighted by Crippen LogP contribution is 2.30. The van der Waals surface area contributed by atoms with Crippen LogP contribution in [0.25, 0.3) is 10.9 Å². The number of hydrogen-bond acceptors (Lipinski definition) is 5. The lowest BCUT2D eigenvalue weighted by Crippen LogP contribution is -2.39. The van der Waals surface area contributed by atoms with E-state index in [2.05, 4.69) is 0 Å². The molecule has 1 aliphatic heterocycles. The molecule has 1 aromatic carbocycles. The number of pyridine rings is 1. The van der Waals surface area contributed by atoms with E-state index in [-0.39, 0.29) is 12.1 Å². The van der Waals surface area contributed by atoms with Gasteiger partial charge in [0.15, 0.2) is 0 Å². The lowest BCUT2D eigenvalue weighted by atomic mass is 10.0. The molecule has 2 heterocycles. The molecular weight excluding hydrogens is 292 g/mol. The van der Waals surface area contributed by atoms with Crippen LogP contribution in [0.5, 0.6) is 0 Å². The van der Waals surface area contributed by atoms with E-state index in [4.69, 9.17) is 9.72 Å². The zero-order chi connectivity index (χ0) is 16.4. The van der Waals surface area contributed by atoms with Crippen molar-refractivity contribution in [2.75, 3.05) is 24.6 Å². The van der Waals surface area contributed by atoms with Gasteiger partial charge in [0.05, 0.1) is 18.2 Å². The Morgan fingerprint density at radius 2 is 2.22 bits per heavy atom. The highest BCUT2D eigenvalue weighted by atomic mass is 16.5. The molecule has 5 nitrogen and oxygen atoms in total. The van der Waals surface area contributed by atoms with Crippen LogP contribution >= 0.6 is 0 Å². The third kappa shape index (κ3) is 3.01. The molecule has 1 atom stereocenters. The maximum absolute atomic E-state index is 12.5. The molecule has 1 N–H and O–H groups in total. The van der Waals surface area contributed by atoms with Crippen molar-refractivity contribution in [3.63, 3.8) is 0 Å². The SMILES string of the molecule is CCOC(=O)c1c(N2CCCC(O)C2)nc2ccccc2c1C. The van der Waals surface area contributed by atoms with Crippen molar-refractivity contribution < 1.29 is 14.6 Å². The number of anilines is 1. The van der Waals surface area contributed by atoms with Crippen LogP contribution in [0.4, 0.5) is 5.82 Å². The second kappa shape index (κ2) is 6.54. The molecule has 1 unspecified atom stereocenters. The fraction of sp³-hybridized carbons (Fsp3) is 0.444. The van der Waals surface area contributed by atoms with Crippen molar-refractivity contribution in [1.82, 2.24) is 4.98 Å². The molecule has 0 saturated carbocycles. The number of carbonyl (C=O) groups is 1. The van der Waals surface area contributed by atoms with E-state index in [1.54, 1.807) is 6.92 Å². The number of ether oxygens (including phenoxy) is 1. The second-order valence-electron chi connectivity index (χ2n) is 5.92. The van der Waals surface area contributed by atoms with Crippen molar-refractivity contribution in [2.45, 2.75) is 32.8 Å². The number of para-hydroxylation sites is 1. The number of aliphatic hydroxyl groups excluding tert-OH is 1. The third-order valence-electron chi connectivity index (χ3n) is 4.31. The predicted octanol–water partition coefficient (Wildman–Crippen LogP) is 2.68. The van der Waals surface area contributed by atoms with Crippen LogP contribution in [0.1, 0.15) is 35.7 Å². The first-order valence-electron chi connectivity index (χ1n) is 8.11. The Morgan fingerprint density at radius 3 is 2.96 bits per heavy atom. The number of hydrogen-bond donors (Lipinski definition) is 1. The summed E-state index contributed by atoms with van der Waals surface area (Å²) in [5, 5.41) is 10.9. The number of aliphatic hydroxyl groups is 1. The van der Waals surface area contributed by atoms with E-state index >= 15 is 0 Å². The molecule has 0 amide bonds. The van der Waals surface area contributed by atoms with E-state index in [0.717, 1.165) is 35.9 Å². The molecule has 2 aromatic rings. The zero-order valence-electron chi connectivity index (χ0n) is 13.6. The number of β-amino-alcohol motifs (C(OH)–C–C–N with tert-alkyl or cyclic N) is 1. The van der Waals surface area contributed by atoms with Crippen LogP contribution in [0.15, 0.2) is 24.3 Å². The molecule has 0 radical (unpaired) electrons. The van der Waals surface area contributed by atoms with Gasteiger partial charge in [-0.25, -0.2) is 9.78 Å². The normalized spacial score (nSPS) is 18.2. The van der Waals surface area contributed by atoms with Gasteiger partial charge in [-0.2, -0.15) is 0 Å². The van der Waals surface area contributed by atoms with Crippen molar-refractivity contribution in [2.24, 2.45) is 0 Å². The largest absolute Gasteiger partial charge is 0.462 e. The Bertz CT molecular complexity index is 730. The summed E-state index contributed by atoms with van der Waals surface area (Å²) in [4.78, 5) is 19.2. The summed E-state index contributed by atoms with van der Waals surface area (Å²) in [6, 6.07) is 7.79. The number of carbonyl (C=O) groups excluding carboxylic acids is 1. The van der Waals surface area contributed by atoms with Gasteiger partial charge in [0, 0.05) is 18.5 Å². The van der Waals surface area contributed by atoms with Crippen molar-refractivity contribution in [1.29, 1.82) is 0 Å². The first-order valence-corrected chi connectivity index (χ1v) is 8.11. The Labute approximate surface area is 135 Å². The Balaban J connectivity index is 2.17. The molecule has 1 fully saturated rings. The van der Waals surface area contributed by atoms with E-state index in [0.29, 0.717) is 24.5 Å². The van der Waals surface area contributed by atoms with Gasteiger partial charge in [0.2, 0.25) is 0 Å². The first-order chi connectivity index (χ1) is 11.1. The minimum atomic E-state index is -0.382. The Kier molecular flexibility index (Phi) is 4.48. The van der Waals surface area contributed by atoms with E-state index in [1.165, 1.54) is 0 Å². The molecule has 122 valence electrons. The third-order valence-corrected chi connectivity index (χ3v) is 4.31. The Hall–Kier alpha value is -2.14. The number of esters is 1. The maximum atomic E-state index is 12.5. The van der Waals surface area contributed by atoms with E-state index in [1.807, 2.05) is 36.1 Å². The summed E-state index contributed by atoms with van der Waals surface area (Å²) in [5.74, 6) is 0.275. The summed E-state index contributed by atoms with van der Waals surface area (Å²) in [5.41, 5.74) is 2.25. The van der Waals surface area contributed by atoms with Gasteiger partial charge in [-0.1, -0.05) is 18.2 Å². The summed E-state index contributed by atoms with van der Waals surface area (Å²) in [6.45, 7) is 5.34. The number of rotatable bonds is 3. The smallest absolute Gasteiger partial charge is 0.342 e. The van der Waals surface area contributed by atoms with Crippen LogP contribution in [0.3, 0.4) is 0 Å². The first kappa shape index (κ1) is 15.7. The van der Waals surface area contributed by atoms with Gasteiger partial charge in [-0.05, 0) is 38.3 Å². The number of aromatic nitrogens is 1. The average Bonchev–Trinajstić information content (AvgIpc) is 2.55. The number of piperidine rings is 1. The zero-order valence-corrected chi connectivity index (χ0v) is 13.6. The Morgan fingerprint density at radius 1 is 1.43 bits per heavy atom. The molecule has 23 heavy (non-hydrogen) atoms. The lowest BCUT2D eigenvalue weighted by molar-refractivity contribution is 0.0525. The van der Waals surface area contributed by atoms with Crippen LogP contribution in [-0.4, -0.2) is 41.9 Å². The summed E-state index contributed by atoms with van der Waals surface area (Å²) in [7, 11) is 0. The van der Waals surface area contributed by atoms with Gasteiger partial charge >= 0.3 is 5.97 Å². The number of aryl methyl sites for hydroxylation is 1. The lowest BCUT2D eigenvalue weighted by Gasteiger charge is -2.32. The van der Waals surface area contributed by atoms with Crippen LogP contribution in [0.2, 0.25) is 0 Å². The van der Waals surface area contributed by atoms with E-state index < -0.39 is 0 Å². The van der Waals surface area contributed by atoms with Crippen molar-refractivity contribution >= 4 is 22.7 Å². The standard InChI is InChI=1S/C18H22N2O3/c1-3-23-18(22)16-12(2)14-8-4-5-9-15(14)19-17(16)20-10-6-7-13(21)11-20/h4-5,8-9,13,21H,3,6-7,10-11H2,1-2H3. The molecule has 3 rings (SSSR count). The van der Waals surface area contributed by atoms with Gasteiger partial charge in [-0.15, -0.1) is 0 Å². The fourth-order valence-corrected chi connectivity index (χ4v) is 3.18. The van der Waals surface area contributed by atoms with E-state index in [9.17, 15) is 9.90 Å². The monoisotopic (exact) mass is 314 g/mol. The van der Waals surface area contributed by atoms with Crippen LogP contribution < -0.4 is 4.90 Å². The molecule has 5 heteroatoms. The topological polar surface area (TPSA) is 62.7 Å². The summed E-state index contributed by atoms with van der Waals surface area (Å²) < 4.78 is 5.25. The van der Waals surface area contributed by atoms with Crippen molar-refractivity contribution in [3.05, 3.63) is 35.4 Å². The van der Waals surface area contributed by atoms with Crippen LogP contribution in [-0.2, 0) is 4.74 Å². The summed E-state index contributed by atoms with van der Waals surface area (Å²) >= 11 is 0. The van der Waals surface area contributed by atoms with Crippen molar-refractivity contribution in [3.8, 4) is 0 Å². The highest BCUT2D eigenvalue weighted by Gasteiger charge is 2.27. The number of benzene rings is 1. The predicted molar refractivity (Wildman–Crippen MR) is 89.9 cm³/mol. The van der Waals surface area contributed by atoms with Gasteiger partial charge in [0.25, 0.3) is 0 Å². The quantitative estimate of drug-likeness (QED) is 0.883. The average molecular weight is 314 g/mol. The van der Waals surface area contributed by atoms with Crippen LogP contribution in [0, 0.1) is 6.92 Å². The summed E-state index contributed by atoms with van der Waals surface area (Å²) in [6.07, 6.45) is 1.29. The minimum absolute atomic E-state index is 0.327. The number of nitrogens with zero attached hydrogens (tertiary/aromatic N) is 2. The highest BCUT2D eigenvalue weighted by molar-refractivity contribution is 6.02. The molecule has 0 spiro atoms. The van der Waals surface area contributed by atoms with Gasteiger partial charge < -0.3 is 14.7 Å². The molecule has 0 bridgehead atoms. The minimum Gasteiger partial charge on any atom is -0.462 e. The molecular formula is C18H22N2O3. The molecule has 0 aliphatic carbocycles. The number of fused-ring (bicyclic) bond motifs is 1. The molecule has 1 saturated heterocycles. The maximum Gasteiger partial charge on any atom is 0.342 e. The molecule has 1 aromatic heterocycles. The fourth-order valence-electron chi connectivity index (χ4n) is 3.18. The van der Waals surface area contributed by atoms with Gasteiger partial charge in [-0.3, -0.25) is 0 Å². The van der Waals surface area contributed by atoms with Gasteiger partial charge in [0.1, 0.15) is 11.4 Å². The molecule has 1 aliphatic rings.